The maximum absolute atomic E-state index is 10.1. The fraction of sp³-hybridized carbons (Fsp3) is 0.714. The molecule has 184 valence electrons. The van der Waals surface area contributed by atoms with Crippen LogP contribution in [-0.4, -0.2) is 118 Å². The van der Waals surface area contributed by atoms with Crippen molar-refractivity contribution >= 4 is 23.9 Å². The molecule has 12 N–H and O–H groups in total. The third-order valence-electron chi connectivity index (χ3n) is 2.85. The van der Waals surface area contributed by atoms with Gasteiger partial charge in [-0.25, -0.2) is 9.59 Å². The molecule has 33 heavy (non-hydrogen) atoms. The summed E-state index contributed by atoms with van der Waals surface area (Å²) in [5.41, 5.74) is 5.00. The predicted octanol–water partition coefficient (Wildman–Crippen LogP) is -4.90. The Labute approximate surface area is 222 Å². The van der Waals surface area contributed by atoms with Gasteiger partial charge in [0.2, 0.25) is 0 Å². The summed E-state index contributed by atoms with van der Waals surface area (Å²) in [6.45, 7) is 0.354. The SMILES string of the molecule is CC(O)C(=O)O.N[C@@H](CCC(=O)O)C(=O)O.O=C(O)[C@H](O)[C@@H](O)[C@H](O)[C@H](O)CO.[O]=[Zn].[Zn].[Zn]. The second-order valence-corrected chi connectivity index (χ2v) is 5.41. The molecule has 0 aromatic heterocycles. The van der Waals surface area contributed by atoms with Crippen molar-refractivity contribution in [1.82, 2.24) is 0 Å². The Kier molecular flexibility index (Phi) is 38.1. The minimum Gasteiger partial charge on any atom is 0 e. The Morgan fingerprint density at radius 1 is 0.788 bits per heavy atom. The summed E-state index contributed by atoms with van der Waals surface area (Å²) >= 11 is 0.125. The number of aliphatic carboxylic acids is 4. The van der Waals surface area contributed by atoms with Crippen LogP contribution in [0.25, 0.3) is 0 Å². The Hall–Kier alpha value is -0.730. The number of carboxylic acids is 4. The van der Waals surface area contributed by atoms with Crippen molar-refractivity contribution in [3.05, 3.63) is 0 Å². The van der Waals surface area contributed by atoms with Crippen molar-refractivity contribution < 1.29 is 131 Å². The summed E-state index contributed by atoms with van der Waals surface area (Å²) in [5.74, 6) is -5.11. The van der Waals surface area contributed by atoms with Crippen molar-refractivity contribution in [2.24, 2.45) is 5.73 Å². The molecule has 0 bridgehead atoms. The quantitative estimate of drug-likeness (QED) is 0.0992. The Balaban J connectivity index is -0.0000000816. The van der Waals surface area contributed by atoms with Crippen LogP contribution >= 0.6 is 0 Å². The van der Waals surface area contributed by atoms with Crippen molar-refractivity contribution in [2.45, 2.75) is 56.3 Å². The van der Waals surface area contributed by atoms with E-state index < -0.39 is 67.0 Å². The molecule has 0 saturated carbocycles. The van der Waals surface area contributed by atoms with E-state index in [-0.39, 0.29) is 70.1 Å². The fourth-order valence-electron chi connectivity index (χ4n) is 1.07. The number of hydrogen-bond acceptors (Lipinski definition) is 12. The summed E-state index contributed by atoms with van der Waals surface area (Å²) in [6, 6.07) is -1.06. The second-order valence-electron chi connectivity index (χ2n) is 5.41. The molecule has 0 heterocycles. The molecule has 0 aliphatic rings. The van der Waals surface area contributed by atoms with Crippen LogP contribution in [0.5, 0.6) is 0 Å². The van der Waals surface area contributed by atoms with Gasteiger partial charge in [0, 0.05) is 45.4 Å². The first-order valence-corrected chi connectivity index (χ1v) is 9.26. The van der Waals surface area contributed by atoms with Gasteiger partial charge in [-0.05, 0) is 13.3 Å². The van der Waals surface area contributed by atoms with Crippen molar-refractivity contribution in [2.75, 3.05) is 6.61 Å². The fourth-order valence-corrected chi connectivity index (χ4v) is 1.07. The molecule has 0 aromatic rings. The molecule has 0 rings (SSSR count). The topological polar surface area (TPSA) is 314 Å². The number of aliphatic hydroxyl groups is 6. The number of aliphatic hydroxyl groups excluding tert-OH is 6. The van der Waals surface area contributed by atoms with E-state index in [2.05, 4.69) is 0 Å². The first-order chi connectivity index (χ1) is 14.1. The van der Waals surface area contributed by atoms with Gasteiger partial charge in [0.1, 0.15) is 30.5 Å². The first kappa shape index (κ1) is 45.7. The number of nitrogens with two attached hydrogens (primary N) is 1. The third kappa shape index (κ3) is 29.2. The van der Waals surface area contributed by atoms with Crippen LogP contribution < -0.4 is 5.73 Å². The van der Waals surface area contributed by atoms with Gasteiger partial charge in [0.15, 0.2) is 6.10 Å². The molecular formula is C14H27NO15Zn3. The number of carbonyl (C=O) groups is 4. The summed E-state index contributed by atoms with van der Waals surface area (Å²) in [4.78, 5) is 39.4. The molecule has 6 atom stereocenters. The van der Waals surface area contributed by atoms with E-state index in [1.165, 1.54) is 6.92 Å². The van der Waals surface area contributed by atoms with Crippen molar-refractivity contribution in [1.29, 1.82) is 0 Å². The average Bonchev–Trinajstić information content (AvgIpc) is 2.71. The summed E-state index contributed by atoms with van der Waals surface area (Å²) in [6.07, 6.45) is -9.29. The van der Waals surface area contributed by atoms with Gasteiger partial charge >= 0.3 is 45.7 Å². The van der Waals surface area contributed by atoms with E-state index >= 15 is 0 Å². The van der Waals surface area contributed by atoms with Gasteiger partial charge in [-0.2, -0.15) is 0 Å². The largest absolute Gasteiger partial charge is 0 e. The van der Waals surface area contributed by atoms with Gasteiger partial charge in [-0.15, -0.1) is 0 Å². The van der Waals surface area contributed by atoms with Gasteiger partial charge < -0.3 is 56.8 Å². The van der Waals surface area contributed by atoms with Crippen LogP contribution in [0.2, 0.25) is 0 Å². The van der Waals surface area contributed by atoms with E-state index in [1.807, 2.05) is 0 Å². The van der Waals surface area contributed by atoms with E-state index in [0.717, 1.165) is 0 Å². The van der Waals surface area contributed by atoms with Gasteiger partial charge in [0.05, 0.1) is 6.61 Å². The van der Waals surface area contributed by atoms with Gasteiger partial charge in [-0.3, -0.25) is 9.59 Å². The average molecular weight is 646 g/mol. The monoisotopic (exact) mass is 641 g/mol. The molecule has 0 fully saturated rings. The first-order valence-electron chi connectivity index (χ1n) is 8.05. The van der Waals surface area contributed by atoms with E-state index in [9.17, 15) is 19.2 Å². The molecule has 19 heteroatoms. The smallest absolute Gasteiger partial charge is 0 e. The Bertz CT molecular complexity index is 540. The summed E-state index contributed by atoms with van der Waals surface area (Å²) in [5, 5.41) is 83.9. The molecule has 0 saturated heterocycles. The van der Waals surface area contributed by atoms with Crippen LogP contribution in [0.4, 0.5) is 0 Å². The zero-order chi connectivity index (χ0) is 25.9. The molecule has 0 spiro atoms. The molecule has 16 nitrogen and oxygen atoms in total. The van der Waals surface area contributed by atoms with E-state index in [0.29, 0.717) is 0 Å². The molecule has 0 radical (unpaired) electrons. The van der Waals surface area contributed by atoms with Crippen LogP contribution in [0.15, 0.2) is 0 Å². The van der Waals surface area contributed by atoms with E-state index in [1.54, 1.807) is 0 Å². The molecule has 0 amide bonds. The van der Waals surface area contributed by atoms with Crippen LogP contribution in [-0.2, 0) is 80.0 Å². The Morgan fingerprint density at radius 2 is 1.15 bits per heavy atom. The number of hydrogen-bond donors (Lipinski definition) is 11. The van der Waals surface area contributed by atoms with Crippen LogP contribution in [0.3, 0.4) is 0 Å². The normalized spacial score (nSPS) is 14.5. The molecule has 0 aliphatic carbocycles. The zero-order valence-electron chi connectivity index (χ0n) is 17.8. The minimum absolute atomic E-state index is 0. The third-order valence-corrected chi connectivity index (χ3v) is 2.85. The molecule has 0 aromatic carbocycles. The van der Waals surface area contributed by atoms with Crippen molar-refractivity contribution in [3.8, 4) is 0 Å². The minimum atomic E-state index is -2.20. The standard InChI is InChI=1S/C6H12O7.C5H9NO4.C3H6O3.O.3Zn/c7-1-2(8)3(9)4(10)5(11)6(12)13;6-3(5(9)10)1-2-4(7)8;1-2(4)3(5)6;;;;/h2-5,7-11H,1H2,(H,12,13);3H,1-2,6H2,(H,7,8)(H,9,10);2,4H,1H3,(H,5,6);;;;/t2-,3-,4+,5-;3-;;;;;/m10...../s1. The van der Waals surface area contributed by atoms with Crippen LogP contribution in [0.1, 0.15) is 19.8 Å². The number of rotatable bonds is 10. The van der Waals surface area contributed by atoms with Crippen molar-refractivity contribution in [3.63, 3.8) is 0 Å². The second kappa shape index (κ2) is 27.5. The molecule has 1 unspecified atom stereocenters. The summed E-state index contributed by atoms with van der Waals surface area (Å²) < 4.78 is 8.38. The zero-order valence-corrected chi connectivity index (χ0v) is 26.7. The van der Waals surface area contributed by atoms with E-state index in [4.69, 9.17) is 60.4 Å². The van der Waals surface area contributed by atoms with Gasteiger partial charge in [0.25, 0.3) is 0 Å². The van der Waals surface area contributed by atoms with Crippen LogP contribution in [0, 0.1) is 0 Å². The predicted molar refractivity (Wildman–Crippen MR) is 91.2 cm³/mol. The molecule has 0 aliphatic heterocycles. The molecular weight excluding hydrogens is 618 g/mol. The summed E-state index contributed by atoms with van der Waals surface area (Å²) in [7, 11) is 0. The maximum atomic E-state index is 10.1. The maximum Gasteiger partial charge on any atom is 0 e. The Morgan fingerprint density at radius 3 is 1.36 bits per heavy atom. The number of carboxylic acid groups (broad SMARTS) is 4. The van der Waals surface area contributed by atoms with Gasteiger partial charge in [-0.1, -0.05) is 0 Å².